The molecule has 0 spiro atoms. The van der Waals surface area contributed by atoms with Crippen LogP contribution in [0.4, 0.5) is 4.39 Å². The molecule has 0 amide bonds. The van der Waals surface area contributed by atoms with Gasteiger partial charge in [0.25, 0.3) is 0 Å². The maximum Gasteiger partial charge on any atom is 0.130 e. The Morgan fingerprint density at radius 1 is 1.42 bits per heavy atom. The summed E-state index contributed by atoms with van der Waals surface area (Å²) in [6.07, 6.45) is 0. The van der Waals surface area contributed by atoms with Crippen LogP contribution >= 0.6 is 28.6 Å². The van der Waals surface area contributed by atoms with Crippen LogP contribution in [0.15, 0.2) is 27.6 Å². The first-order chi connectivity index (χ1) is 5.41. The fraction of sp³-hybridized carbons (Fsp3) is 0.333. The number of hydrogen-bond donors (Lipinski definition) is 1. The maximum absolute atomic E-state index is 13.4. The van der Waals surface area contributed by atoms with Gasteiger partial charge < -0.3 is 0 Å². The molecular weight excluding hydrogens is 239 g/mol. The summed E-state index contributed by atoms with van der Waals surface area (Å²) < 4.78 is 14.3. The molecular formula is C9H10BrFS. The highest BCUT2D eigenvalue weighted by molar-refractivity contribution is 9.10. The summed E-state index contributed by atoms with van der Waals surface area (Å²) in [5, 5.41) is 0. The quantitative estimate of drug-likeness (QED) is 0.716. The van der Waals surface area contributed by atoms with Gasteiger partial charge in [0.05, 0.1) is 0 Å². The summed E-state index contributed by atoms with van der Waals surface area (Å²) in [7, 11) is 0. The predicted octanol–water partition coefficient (Wildman–Crippen LogP) is 3.94. The van der Waals surface area contributed by atoms with Gasteiger partial charge in [0.2, 0.25) is 0 Å². The minimum Gasteiger partial charge on any atom is -0.239 e. The minimum absolute atomic E-state index is 0.649. The van der Waals surface area contributed by atoms with Gasteiger partial charge in [0.1, 0.15) is 5.67 Å². The topological polar surface area (TPSA) is 0 Å². The van der Waals surface area contributed by atoms with E-state index in [1.807, 2.05) is 0 Å². The second-order valence-electron chi connectivity index (χ2n) is 3.14. The molecule has 1 aromatic rings. The molecule has 1 rings (SSSR count). The first-order valence-corrected chi connectivity index (χ1v) is 4.83. The molecule has 1 aromatic carbocycles. The van der Waals surface area contributed by atoms with Gasteiger partial charge in [0, 0.05) is 9.37 Å². The zero-order valence-corrected chi connectivity index (χ0v) is 9.42. The van der Waals surface area contributed by atoms with Crippen molar-refractivity contribution in [3.05, 3.63) is 28.2 Å². The summed E-state index contributed by atoms with van der Waals surface area (Å²) >= 11 is 7.48. The third kappa shape index (κ3) is 2.23. The Balaban J connectivity index is 3.14. The fourth-order valence-corrected chi connectivity index (χ4v) is 1.34. The van der Waals surface area contributed by atoms with Crippen molar-refractivity contribution in [2.45, 2.75) is 24.4 Å². The highest BCUT2D eigenvalue weighted by Crippen LogP contribution is 2.29. The maximum atomic E-state index is 13.4. The predicted molar refractivity (Wildman–Crippen MR) is 55.5 cm³/mol. The van der Waals surface area contributed by atoms with Crippen LogP contribution in [-0.4, -0.2) is 0 Å². The van der Waals surface area contributed by atoms with Crippen molar-refractivity contribution >= 4 is 28.6 Å². The van der Waals surface area contributed by atoms with Crippen LogP contribution in [0.1, 0.15) is 19.4 Å². The molecule has 0 aliphatic rings. The monoisotopic (exact) mass is 248 g/mol. The molecule has 0 bridgehead atoms. The largest absolute Gasteiger partial charge is 0.239 e. The molecule has 66 valence electrons. The standard InChI is InChI=1S/C9H10BrFS/c1-9(2,11)6-3-4-7(10)8(12)5-6/h3-5,12H,1-2H3. The average Bonchev–Trinajstić information content (AvgIpc) is 1.92. The Bertz CT molecular complexity index is 291. The van der Waals surface area contributed by atoms with E-state index in [1.165, 1.54) is 13.8 Å². The van der Waals surface area contributed by atoms with E-state index in [1.54, 1.807) is 18.2 Å². The van der Waals surface area contributed by atoms with Crippen LogP contribution < -0.4 is 0 Å². The van der Waals surface area contributed by atoms with E-state index in [0.717, 1.165) is 9.37 Å². The van der Waals surface area contributed by atoms with Crippen LogP contribution in [0, 0.1) is 0 Å². The van der Waals surface area contributed by atoms with E-state index in [-0.39, 0.29) is 0 Å². The van der Waals surface area contributed by atoms with Crippen molar-refractivity contribution < 1.29 is 4.39 Å². The number of thiol groups is 1. The molecule has 0 nitrogen and oxygen atoms in total. The Morgan fingerprint density at radius 3 is 2.42 bits per heavy atom. The van der Waals surface area contributed by atoms with E-state index < -0.39 is 5.67 Å². The van der Waals surface area contributed by atoms with Crippen LogP contribution in [-0.2, 0) is 5.67 Å². The Hall–Kier alpha value is -0.0200. The number of halogens is 2. The first-order valence-electron chi connectivity index (χ1n) is 3.59. The average molecular weight is 249 g/mol. The third-order valence-corrected chi connectivity index (χ3v) is 3.00. The van der Waals surface area contributed by atoms with E-state index in [2.05, 4.69) is 28.6 Å². The lowest BCUT2D eigenvalue weighted by molar-refractivity contribution is 0.221. The number of alkyl halides is 1. The van der Waals surface area contributed by atoms with Gasteiger partial charge in [-0.15, -0.1) is 12.6 Å². The lowest BCUT2D eigenvalue weighted by atomic mass is 10.0. The molecule has 0 fully saturated rings. The molecule has 0 aliphatic heterocycles. The van der Waals surface area contributed by atoms with Gasteiger partial charge in [-0.2, -0.15) is 0 Å². The van der Waals surface area contributed by atoms with Gasteiger partial charge in [-0.05, 0) is 47.5 Å². The van der Waals surface area contributed by atoms with Gasteiger partial charge in [0.15, 0.2) is 0 Å². The van der Waals surface area contributed by atoms with E-state index in [9.17, 15) is 4.39 Å². The van der Waals surface area contributed by atoms with E-state index in [4.69, 9.17) is 0 Å². The van der Waals surface area contributed by atoms with Gasteiger partial charge in [-0.1, -0.05) is 6.07 Å². The third-order valence-electron chi connectivity index (χ3n) is 1.63. The SMILES string of the molecule is CC(C)(F)c1ccc(Br)c(S)c1. The van der Waals surface area contributed by atoms with Gasteiger partial charge in [-0.3, -0.25) is 0 Å². The molecule has 0 aliphatic carbocycles. The van der Waals surface area contributed by atoms with Gasteiger partial charge in [-0.25, -0.2) is 4.39 Å². The van der Waals surface area contributed by atoms with Crippen LogP contribution in [0.2, 0.25) is 0 Å². The summed E-state index contributed by atoms with van der Waals surface area (Å²) in [4.78, 5) is 0.762. The smallest absolute Gasteiger partial charge is 0.130 e. The molecule has 0 radical (unpaired) electrons. The van der Waals surface area contributed by atoms with Crippen molar-refractivity contribution in [3.63, 3.8) is 0 Å². The van der Waals surface area contributed by atoms with E-state index >= 15 is 0 Å². The second kappa shape index (κ2) is 3.38. The van der Waals surface area contributed by atoms with Crippen LogP contribution in [0.5, 0.6) is 0 Å². The van der Waals surface area contributed by atoms with Crippen molar-refractivity contribution in [2.75, 3.05) is 0 Å². The first kappa shape index (κ1) is 10.1. The summed E-state index contributed by atoms with van der Waals surface area (Å²) in [6, 6.07) is 5.29. The highest BCUT2D eigenvalue weighted by Gasteiger charge is 2.18. The minimum atomic E-state index is -1.29. The zero-order chi connectivity index (χ0) is 9.35. The van der Waals surface area contributed by atoms with Gasteiger partial charge >= 0.3 is 0 Å². The van der Waals surface area contributed by atoms with Crippen LogP contribution in [0.3, 0.4) is 0 Å². The lowest BCUT2D eigenvalue weighted by Crippen LogP contribution is -2.08. The molecule has 0 unspecified atom stereocenters. The fourth-order valence-electron chi connectivity index (χ4n) is 0.882. The molecule has 0 N–H and O–H groups in total. The highest BCUT2D eigenvalue weighted by atomic mass is 79.9. The van der Waals surface area contributed by atoms with Crippen molar-refractivity contribution in [2.24, 2.45) is 0 Å². The molecule has 0 aromatic heterocycles. The lowest BCUT2D eigenvalue weighted by Gasteiger charge is -2.15. The molecule has 12 heavy (non-hydrogen) atoms. The number of benzene rings is 1. The van der Waals surface area contributed by atoms with Crippen molar-refractivity contribution in [1.29, 1.82) is 0 Å². The molecule has 0 heterocycles. The molecule has 3 heteroatoms. The Labute approximate surface area is 85.7 Å². The number of hydrogen-bond acceptors (Lipinski definition) is 1. The summed E-state index contributed by atoms with van der Waals surface area (Å²) in [5.41, 5.74) is -0.645. The molecule has 0 atom stereocenters. The molecule has 0 saturated heterocycles. The molecule has 0 saturated carbocycles. The Morgan fingerprint density at radius 2 is 2.00 bits per heavy atom. The van der Waals surface area contributed by atoms with Crippen molar-refractivity contribution in [3.8, 4) is 0 Å². The van der Waals surface area contributed by atoms with Crippen molar-refractivity contribution in [1.82, 2.24) is 0 Å². The second-order valence-corrected chi connectivity index (χ2v) is 4.47. The van der Waals surface area contributed by atoms with Crippen LogP contribution in [0.25, 0.3) is 0 Å². The zero-order valence-electron chi connectivity index (χ0n) is 6.94. The summed E-state index contributed by atoms with van der Waals surface area (Å²) in [6.45, 7) is 3.06. The summed E-state index contributed by atoms with van der Waals surface area (Å²) in [5.74, 6) is 0. The number of rotatable bonds is 1. The van der Waals surface area contributed by atoms with E-state index in [0.29, 0.717) is 5.56 Å². The Kier molecular flexibility index (Phi) is 2.84. The normalized spacial score (nSPS) is 11.8.